The molecule has 0 spiro atoms. The van der Waals surface area contributed by atoms with Crippen molar-refractivity contribution in [3.05, 3.63) is 24.3 Å². The molecule has 62 heavy (non-hydrogen) atoms. The normalized spacial score (nSPS) is 44.5. The standard InChI is InChI=1S/C46H74N2O14/c1-15-34-46(10,53)38(50)24(2)20-33(49)25(3)22-45(9,56-14)40(27(5)36(28(6)41(52)59-34)60-35-23-44(8,55-13)39(51)29(7)58-35)62-42-37-32(21-26(4)57-42)48(11)43(61-37)47-30-16-18-31(54-12)19-17-30/h16-19,24-29,32,34-40,42,50-51,53H,15,20-23H2,1-14H3/t24-,25+,26+,27-,28+,29-,32-,34+,35-,36-,37+,38+,39-,40+,42-,44+,45+,46+/m0/s1. The van der Waals surface area contributed by atoms with Crippen molar-refractivity contribution in [3.8, 4) is 5.75 Å². The predicted molar refractivity (Wildman–Crippen MR) is 229 cm³/mol. The fourth-order valence-electron chi connectivity index (χ4n) is 9.90. The zero-order chi connectivity index (χ0) is 46.1. The van der Waals surface area contributed by atoms with Crippen molar-refractivity contribution in [1.82, 2.24) is 4.90 Å². The van der Waals surface area contributed by atoms with E-state index in [9.17, 15) is 24.9 Å². The van der Waals surface area contributed by atoms with Crippen LogP contribution in [0.1, 0.15) is 101 Å². The Morgan fingerprint density at radius 1 is 0.871 bits per heavy atom. The van der Waals surface area contributed by atoms with Crippen LogP contribution in [0, 0.1) is 23.7 Å². The number of hydrogen-bond acceptors (Lipinski definition) is 15. The van der Waals surface area contributed by atoms with Gasteiger partial charge in [-0.25, -0.2) is 0 Å². The van der Waals surface area contributed by atoms with E-state index in [0.717, 1.165) is 0 Å². The molecule has 0 aromatic heterocycles. The van der Waals surface area contributed by atoms with Crippen LogP contribution in [0.25, 0.3) is 0 Å². The van der Waals surface area contributed by atoms with Crippen molar-refractivity contribution < 1.29 is 67.5 Å². The van der Waals surface area contributed by atoms with Gasteiger partial charge in [-0.1, -0.05) is 27.7 Å². The van der Waals surface area contributed by atoms with Gasteiger partial charge in [0.15, 0.2) is 18.7 Å². The van der Waals surface area contributed by atoms with Crippen molar-refractivity contribution in [2.45, 2.75) is 186 Å². The molecule has 0 unspecified atom stereocenters. The molecule has 0 bridgehead atoms. The van der Waals surface area contributed by atoms with Crippen LogP contribution < -0.4 is 4.74 Å². The third kappa shape index (κ3) is 10.4. The number of cyclic esters (lactones) is 1. The number of hydrogen-bond donors (Lipinski definition) is 3. The van der Waals surface area contributed by atoms with E-state index in [1.165, 1.54) is 14.0 Å². The molecule has 4 fully saturated rings. The van der Waals surface area contributed by atoms with Crippen molar-refractivity contribution in [2.75, 3.05) is 28.4 Å². The minimum Gasteiger partial charge on any atom is -0.497 e. The van der Waals surface area contributed by atoms with Crippen LogP contribution in [-0.2, 0) is 47.5 Å². The summed E-state index contributed by atoms with van der Waals surface area (Å²) >= 11 is 0. The van der Waals surface area contributed by atoms with Crippen LogP contribution in [0.4, 0.5) is 5.69 Å². The van der Waals surface area contributed by atoms with E-state index in [2.05, 4.69) is 0 Å². The Kier molecular flexibility index (Phi) is 16.2. The fourth-order valence-corrected chi connectivity index (χ4v) is 9.90. The molecule has 0 aliphatic carbocycles. The summed E-state index contributed by atoms with van der Waals surface area (Å²) in [6.45, 7) is 17.6. The molecule has 0 saturated carbocycles. The van der Waals surface area contributed by atoms with Crippen molar-refractivity contribution in [3.63, 3.8) is 0 Å². The van der Waals surface area contributed by atoms with E-state index in [0.29, 0.717) is 23.9 Å². The van der Waals surface area contributed by atoms with Crippen LogP contribution in [0.3, 0.4) is 0 Å². The number of Topliss-reactive ketones (excluding diaryl/α,β-unsaturated/α-hetero) is 1. The number of benzene rings is 1. The van der Waals surface area contributed by atoms with Crippen LogP contribution in [0.15, 0.2) is 29.3 Å². The molecule has 4 aliphatic rings. The van der Waals surface area contributed by atoms with E-state index in [1.807, 2.05) is 63.9 Å². The molecular formula is C46H74N2O14. The van der Waals surface area contributed by atoms with Crippen molar-refractivity contribution in [1.29, 1.82) is 0 Å². The third-order valence-corrected chi connectivity index (χ3v) is 14.1. The fraction of sp³-hybridized carbons (Fsp3) is 0.804. The number of carbonyl (C=O) groups is 2. The predicted octanol–water partition coefficient (Wildman–Crippen LogP) is 4.93. The molecule has 0 radical (unpaired) electrons. The van der Waals surface area contributed by atoms with Gasteiger partial charge in [0.1, 0.15) is 29.3 Å². The first kappa shape index (κ1) is 50.1. The van der Waals surface area contributed by atoms with E-state index in [-0.39, 0.29) is 43.6 Å². The lowest BCUT2D eigenvalue weighted by Crippen LogP contribution is -2.60. The van der Waals surface area contributed by atoms with Crippen LogP contribution in [0.5, 0.6) is 5.75 Å². The molecular weight excluding hydrogens is 805 g/mol. The smallest absolute Gasteiger partial charge is 0.311 e. The number of ketones is 1. The summed E-state index contributed by atoms with van der Waals surface area (Å²) in [5.74, 6) is -3.14. The van der Waals surface area contributed by atoms with Gasteiger partial charge >= 0.3 is 5.97 Å². The average molecular weight is 879 g/mol. The van der Waals surface area contributed by atoms with E-state index < -0.39 is 102 Å². The topological polar surface area (TPSA) is 194 Å². The molecule has 18 atom stereocenters. The first-order valence-corrected chi connectivity index (χ1v) is 22.2. The zero-order valence-corrected chi connectivity index (χ0v) is 39.2. The number of ether oxygens (including phenoxy) is 9. The first-order valence-electron chi connectivity index (χ1n) is 22.2. The second-order valence-electron chi connectivity index (χ2n) is 18.9. The highest BCUT2D eigenvalue weighted by atomic mass is 16.7. The van der Waals surface area contributed by atoms with Crippen molar-refractivity contribution >= 4 is 23.5 Å². The molecule has 4 aliphatic heterocycles. The summed E-state index contributed by atoms with van der Waals surface area (Å²) in [6, 6.07) is 7.54. The highest BCUT2D eigenvalue weighted by Gasteiger charge is 2.55. The largest absolute Gasteiger partial charge is 0.497 e. The second kappa shape index (κ2) is 20.1. The van der Waals surface area contributed by atoms with Gasteiger partial charge in [-0.2, -0.15) is 4.99 Å². The maximum atomic E-state index is 14.5. The van der Waals surface area contributed by atoms with Gasteiger partial charge in [-0.05, 0) is 91.0 Å². The highest BCUT2D eigenvalue weighted by molar-refractivity contribution is 5.81. The molecule has 3 N–H and O–H groups in total. The van der Waals surface area contributed by atoms with Gasteiger partial charge in [0, 0.05) is 45.9 Å². The number of methoxy groups -OCH3 is 3. The molecule has 1 aromatic rings. The van der Waals surface area contributed by atoms with Gasteiger partial charge in [0.25, 0.3) is 6.02 Å². The average Bonchev–Trinajstić information content (AvgIpc) is 3.55. The number of fused-ring (bicyclic) bond motifs is 1. The SMILES string of the molecule is CC[C@H]1OC(=O)[C@H](C)[C@@H](O[C@H]2C[C@@](C)(OC)[C@@H](O)[C@H](C)O2)[C@H](C)[C@@H](O[C@@H]2O[C@H](C)C[C@H]3[C@H]2OC(=Nc2ccc(OC)cc2)N3C)[C@](C)(OC)C[C@@H](C)C(=O)C[C@H](C)[C@@H](O)[C@]1(C)O. The number of nitrogens with zero attached hydrogens (tertiary/aromatic N) is 2. The Morgan fingerprint density at radius 2 is 1.52 bits per heavy atom. The Morgan fingerprint density at radius 3 is 2.11 bits per heavy atom. The van der Waals surface area contributed by atoms with Gasteiger partial charge < -0.3 is 62.9 Å². The van der Waals surface area contributed by atoms with Gasteiger partial charge in [-0.3, -0.25) is 9.59 Å². The van der Waals surface area contributed by atoms with E-state index in [1.54, 1.807) is 48.8 Å². The van der Waals surface area contributed by atoms with Gasteiger partial charge in [-0.15, -0.1) is 0 Å². The lowest BCUT2D eigenvalue weighted by molar-refractivity contribution is -0.315. The Hall–Kier alpha value is -2.93. The summed E-state index contributed by atoms with van der Waals surface area (Å²) in [5.41, 5.74) is -3.49. The minimum absolute atomic E-state index is 0.0450. The Labute approximate surface area is 367 Å². The maximum Gasteiger partial charge on any atom is 0.311 e. The second-order valence-corrected chi connectivity index (χ2v) is 18.9. The van der Waals surface area contributed by atoms with E-state index in [4.69, 9.17) is 47.6 Å². The number of aliphatic hydroxyl groups excluding tert-OH is 2. The number of likely N-dealkylation sites (N-methyl/N-ethyl adjacent to an activating group) is 1. The third-order valence-electron chi connectivity index (χ3n) is 14.1. The molecule has 5 rings (SSSR count). The Balaban J connectivity index is 1.61. The summed E-state index contributed by atoms with van der Waals surface area (Å²) in [4.78, 5) is 35.3. The van der Waals surface area contributed by atoms with Gasteiger partial charge in [0.2, 0.25) is 0 Å². The maximum absolute atomic E-state index is 14.5. The number of carbonyl (C=O) groups excluding carboxylic acids is 2. The first-order chi connectivity index (χ1) is 29.0. The molecule has 16 nitrogen and oxygen atoms in total. The number of aliphatic imine (C=N–C) groups is 1. The van der Waals surface area contributed by atoms with Gasteiger partial charge in [0.05, 0.1) is 66.5 Å². The lowest BCUT2D eigenvalue weighted by atomic mass is 9.76. The quantitative estimate of drug-likeness (QED) is 0.283. The number of esters is 1. The van der Waals surface area contributed by atoms with Crippen LogP contribution >= 0.6 is 0 Å². The minimum atomic E-state index is -1.89. The van der Waals surface area contributed by atoms with Crippen LogP contribution in [0.2, 0.25) is 0 Å². The summed E-state index contributed by atoms with van der Waals surface area (Å²) in [6.07, 6.45) is -7.91. The lowest BCUT2D eigenvalue weighted by Gasteiger charge is -2.49. The molecule has 1 aromatic carbocycles. The monoisotopic (exact) mass is 879 g/mol. The summed E-state index contributed by atoms with van der Waals surface area (Å²) in [7, 11) is 6.60. The number of amidine groups is 1. The molecule has 4 saturated heterocycles. The highest BCUT2D eigenvalue weighted by Crippen LogP contribution is 2.43. The number of rotatable bonds is 9. The molecule has 4 heterocycles. The molecule has 352 valence electrons. The van der Waals surface area contributed by atoms with Crippen LogP contribution in [-0.4, -0.2) is 151 Å². The molecule has 0 amide bonds. The summed E-state index contributed by atoms with van der Waals surface area (Å²) < 4.78 is 57.2. The Bertz CT molecular complexity index is 1700. The molecule has 16 heteroatoms. The number of aliphatic hydroxyl groups is 3. The zero-order valence-electron chi connectivity index (χ0n) is 39.2. The summed E-state index contributed by atoms with van der Waals surface area (Å²) in [5, 5.41) is 34.4. The van der Waals surface area contributed by atoms with E-state index >= 15 is 0 Å². The van der Waals surface area contributed by atoms with Crippen molar-refractivity contribution in [2.24, 2.45) is 28.7 Å².